The first-order valence-electron chi connectivity index (χ1n) is 6.30. The first-order valence-corrected chi connectivity index (χ1v) is 6.30. The van der Waals surface area contributed by atoms with Crippen LogP contribution < -0.4 is 5.32 Å². The molecule has 0 aromatic carbocycles. The molecule has 1 amide bonds. The number of nitrogens with one attached hydrogen (secondary N) is 1. The minimum atomic E-state index is -0.118. The molecule has 1 aromatic heterocycles. The third-order valence-electron chi connectivity index (χ3n) is 2.91. The number of aliphatic hydroxyl groups is 1. The lowest BCUT2D eigenvalue weighted by molar-refractivity contribution is 0.0915. The summed E-state index contributed by atoms with van der Waals surface area (Å²) in [6, 6.07) is 1.88. The predicted molar refractivity (Wildman–Crippen MR) is 70.4 cm³/mol. The van der Waals surface area contributed by atoms with E-state index in [1.807, 2.05) is 27.7 Å². The van der Waals surface area contributed by atoms with Crippen LogP contribution in [0.25, 0.3) is 0 Å². The summed E-state index contributed by atoms with van der Waals surface area (Å²) in [7, 11) is 0. The van der Waals surface area contributed by atoms with Crippen molar-refractivity contribution in [3.05, 3.63) is 18.0 Å². The van der Waals surface area contributed by atoms with Gasteiger partial charge in [-0.25, -0.2) is 0 Å². The number of hydrogen-bond donors (Lipinski definition) is 2. The molecule has 102 valence electrons. The van der Waals surface area contributed by atoms with Crippen LogP contribution in [0.2, 0.25) is 0 Å². The van der Waals surface area contributed by atoms with Crippen LogP contribution in [0.4, 0.5) is 0 Å². The third kappa shape index (κ3) is 3.84. The average Bonchev–Trinajstić information content (AvgIpc) is 2.74. The molecule has 0 atom stereocenters. The number of aromatic nitrogens is 2. The van der Waals surface area contributed by atoms with Crippen molar-refractivity contribution in [2.24, 2.45) is 5.41 Å². The maximum atomic E-state index is 12.0. The lowest BCUT2D eigenvalue weighted by atomic mass is 9.90. The number of carbonyl (C=O) groups is 1. The SMILES string of the molecule is CC(C)n1nccc1C(=O)NCC(C)(C)CCO. The van der Waals surface area contributed by atoms with Crippen molar-refractivity contribution in [1.82, 2.24) is 15.1 Å². The second kappa shape index (κ2) is 6.00. The Labute approximate surface area is 108 Å². The molecular weight excluding hydrogens is 230 g/mol. The van der Waals surface area contributed by atoms with Gasteiger partial charge >= 0.3 is 0 Å². The molecule has 5 heteroatoms. The Bertz CT molecular complexity index is 397. The maximum Gasteiger partial charge on any atom is 0.269 e. The quantitative estimate of drug-likeness (QED) is 0.809. The van der Waals surface area contributed by atoms with Crippen LogP contribution in [0.5, 0.6) is 0 Å². The van der Waals surface area contributed by atoms with E-state index in [0.717, 1.165) is 0 Å². The Morgan fingerprint density at radius 1 is 1.56 bits per heavy atom. The van der Waals surface area contributed by atoms with Gasteiger partial charge < -0.3 is 10.4 Å². The molecule has 0 aliphatic carbocycles. The summed E-state index contributed by atoms with van der Waals surface area (Å²) in [6.45, 7) is 8.67. The van der Waals surface area contributed by atoms with E-state index in [1.165, 1.54) is 0 Å². The van der Waals surface area contributed by atoms with Crippen LogP contribution in [-0.4, -0.2) is 33.9 Å². The van der Waals surface area contributed by atoms with E-state index < -0.39 is 0 Å². The van der Waals surface area contributed by atoms with Crippen molar-refractivity contribution in [2.75, 3.05) is 13.2 Å². The van der Waals surface area contributed by atoms with Crippen LogP contribution in [0, 0.1) is 5.41 Å². The summed E-state index contributed by atoms with van der Waals surface area (Å²) < 4.78 is 1.70. The number of nitrogens with zero attached hydrogens (tertiary/aromatic N) is 2. The van der Waals surface area contributed by atoms with Crippen molar-refractivity contribution in [1.29, 1.82) is 0 Å². The molecule has 5 nitrogen and oxygen atoms in total. The van der Waals surface area contributed by atoms with Gasteiger partial charge in [-0.05, 0) is 31.7 Å². The number of aliphatic hydroxyl groups excluding tert-OH is 1. The van der Waals surface area contributed by atoms with Gasteiger partial charge in [-0.15, -0.1) is 0 Å². The fourth-order valence-electron chi connectivity index (χ4n) is 1.71. The van der Waals surface area contributed by atoms with Gasteiger partial charge in [0.25, 0.3) is 5.91 Å². The van der Waals surface area contributed by atoms with Crippen LogP contribution in [0.15, 0.2) is 12.3 Å². The van der Waals surface area contributed by atoms with Crippen molar-refractivity contribution >= 4 is 5.91 Å². The van der Waals surface area contributed by atoms with E-state index in [2.05, 4.69) is 10.4 Å². The molecule has 0 aliphatic heterocycles. The monoisotopic (exact) mass is 253 g/mol. The fraction of sp³-hybridized carbons (Fsp3) is 0.692. The van der Waals surface area contributed by atoms with Gasteiger partial charge in [-0.3, -0.25) is 9.48 Å². The van der Waals surface area contributed by atoms with Crippen molar-refractivity contribution in [3.8, 4) is 0 Å². The Morgan fingerprint density at radius 3 is 2.78 bits per heavy atom. The van der Waals surface area contributed by atoms with E-state index in [-0.39, 0.29) is 24.0 Å². The number of amides is 1. The molecule has 1 heterocycles. The highest BCUT2D eigenvalue weighted by atomic mass is 16.3. The summed E-state index contributed by atoms with van der Waals surface area (Å²) >= 11 is 0. The lowest BCUT2D eigenvalue weighted by Gasteiger charge is -2.24. The fourth-order valence-corrected chi connectivity index (χ4v) is 1.71. The topological polar surface area (TPSA) is 67.2 Å². The smallest absolute Gasteiger partial charge is 0.269 e. The number of hydrogen-bond acceptors (Lipinski definition) is 3. The molecule has 0 radical (unpaired) electrons. The summed E-state index contributed by atoms with van der Waals surface area (Å²) in [4.78, 5) is 12.0. The van der Waals surface area contributed by atoms with Gasteiger partial charge in [-0.2, -0.15) is 5.10 Å². The zero-order valence-electron chi connectivity index (χ0n) is 11.6. The summed E-state index contributed by atoms with van der Waals surface area (Å²) in [5.74, 6) is -0.118. The van der Waals surface area contributed by atoms with Crippen molar-refractivity contribution in [3.63, 3.8) is 0 Å². The van der Waals surface area contributed by atoms with Gasteiger partial charge in [0.2, 0.25) is 0 Å². The molecule has 0 spiro atoms. The average molecular weight is 253 g/mol. The number of rotatable bonds is 6. The Morgan fingerprint density at radius 2 is 2.22 bits per heavy atom. The molecule has 1 rings (SSSR count). The second-order valence-corrected chi connectivity index (χ2v) is 5.58. The van der Waals surface area contributed by atoms with Gasteiger partial charge in [0.1, 0.15) is 5.69 Å². The van der Waals surface area contributed by atoms with Gasteiger partial charge in [0.15, 0.2) is 0 Å². The first kappa shape index (κ1) is 14.7. The zero-order valence-corrected chi connectivity index (χ0v) is 11.6. The maximum absolute atomic E-state index is 12.0. The van der Waals surface area contributed by atoms with E-state index >= 15 is 0 Å². The molecule has 0 saturated heterocycles. The molecule has 0 aliphatic rings. The first-order chi connectivity index (χ1) is 8.37. The molecule has 2 N–H and O–H groups in total. The van der Waals surface area contributed by atoms with E-state index in [0.29, 0.717) is 18.7 Å². The molecule has 0 unspecified atom stereocenters. The minimum absolute atomic E-state index is 0.104. The highest BCUT2D eigenvalue weighted by molar-refractivity contribution is 5.92. The highest BCUT2D eigenvalue weighted by Gasteiger charge is 2.20. The summed E-state index contributed by atoms with van der Waals surface area (Å²) in [5, 5.41) is 16.0. The normalized spacial score (nSPS) is 11.9. The minimum Gasteiger partial charge on any atom is -0.396 e. The van der Waals surface area contributed by atoms with Gasteiger partial charge in [0, 0.05) is 25.4 Å². The molecule has 0 bridgehead atoms. The zero-order chi connectivity index (χ0) is 13.8. The molecule has 0 saturated carbocycles. The molecule has 0 fully saturated rings. The molecular formula is C13H23N3O2. The van der Waals surface area contributed by atoms with E-state index in [1.54, 1.807) is 16.9 Å². The van der Waals surface area contributed by atoms with E-state index in [4.69, 9.17) is 5.11 Å². The Balaban J connectivity index is 2.63. The Hall–Kier alpha value is -1.36. The van der Waals surface area contributed by atoms with Gasteiger partial charge in [-0.1, -0.05) is 13.8 Å². The molecule has 1 aromatic rings. The standard InChI is InChI=1S/C13H23N3O2/c1-10(2)16-11(5-7-15-16)12(18)14-9-13(3,4)6-8-17/h5,7,10,17H,6,8-9H2,1-4H3,(H,14,18). The second-order valence-electron chi connectivity index (χ2n) is 5.58. The van der Waals surface area contributed by atoms with Crippen LogP contribution in [-0.2, 0) is 0 Å². The van der Waals surface area contributed by atoms with Crippen LogP contribution in [0.1, 0.15) is 50.6 Å². The van der Waals surface area contributed by atoms with Crippen LogP contribution in [0.3, 0.4) is 0 Å². The summed E-state index contributed by atoms with van der Waals surface area (Å²) in [6.07, 6.45) is 2.30. The highest BCUT2D eigenvalue weighted by Crippen LogP contribution is 2.18. The third-order valence-corrected chi connectivity index (χ3v) is 2.91. The van der Waals surface area contributed by atoms with E-state index in [9.17, 15) is 4.79 Å². The van der Waals surface area contributed by atoms with Crippen molar-refractivity contribution in [2.45, 2.75) is 40.2 Å². The number of carbonyl (C=O) groups excluding carboxylic acids is 1. The van der Waals surface area contributed by atoms with Crippen LogP contribution >= 0.6 is 0 Å². The molecule has 18 heavy (non-hydrogen) atoms. The van der Waals surface area contributed by atoms with Crippen molar-refractivity contribution < 1.29 is 9.90 Å². The predicted octanol–water partition coefficient (Wildman–Crippen LogP) is 1.60. The van der Waals surface area contributed by atoms with Gasteiger partial charge in [0.05, 0.1) is 0 Å². The lowest BCUT2D eigenvalue weighted by Crippen LogP contribution is -2.35. The Kier molecular flexibility index (Phi) is 4.90. The summed E-state index contributed by atoms with van der Waals surface area (Å²) in [5.41, 5.74) is 0.470. The largest absolute Gasteiger partial charge is 0.396 e.